The Bertz CT molecular complexity index is 369. The summed E-state index contributed by atoms with van der Waals surface area (Å²) in [6, 6.07) is 0. The molecule has 0 atom stereocenters. The van der Waals surface area contributed by atoms with Crippen LogP contribution in [0.15, 0.2) is 6.33 Å². The minimum atomic E-state index is 0.178. The Balaban J connectivity index is 2.63. The number of imidazole rings is 1. The Morgan fingerprint density at radius 3 is 2.18 bits per heavy atom. The standard InChI is InChI=1S/C14H27N3/c1-11-12(2)17(10-15-11)9-14(6,7)8-16-13(3,4)5/h10,16H,8-9H2,1-7H3. The number of rotatable bonds is 4. The Hall–Kier alpha value is -0.830. The lowest BCUT2D eigenvalue weighted by molar-refractivity contribution is 0.254. The van der Waals surface area contributed by atoms with Crippen LogP contribution < -0.4 is 5.32 Å². The first-order valence-corrected chi connectivity index (χ1v) is 6.34. The normalized spacial score (nSPS) is 13.1. The highest BCUT2D eigenvalue weighted by atomic mass is 15.1. The summed E-state index contributed by atoms with van der Waals surface area (Å²) in [6.07, 6.45) is 1.95. The van der Waals surface area contributed by atoms with Crippen LogP contribution in [0.1, 0.15) is 46.0 Å². The molecule has 0 fully saturated rings. The van der Waals surface area contributed by atoms with Crippen molar-refractivity contribution in [3.8, 4) is 0 Å². The summed E-state index contributed by atoms with van der Waals surface area (Å²) in [5.41, 5.74) is 2.81. The molecule has 0 unspecified atom stereocenters. The first-order chi connectivity index (χ1) is 7.61. The van der Waals surface area contributed by atoms with Gasteiger partial charge in [0.1, 0.15) is 0 Å². The molecule has 98 valence electrons. The van der Waals surface area contributed by atoms with E-state index in [1.807, 2.05) is 6.33 Å². The van der Waals surface area contributed by atoms with E-state index in [1.54, 1.807) is 0 Å². The van der Waals surface area contributed by atoms with Crippen molar-refractivity contribution in [2.45, 2.75) is 60.5 Å². The summed E-state index contributed by atoms with van der Waals surface area (Å²) in [4.78, 5) is 4.35. The second-order valence-corrected chi connectivity index (χ2v) is 6.81. The fourth-order valence-corrected chi connectivity index (χ4v) is 1.73. The van der Waals surface area contributed by atoms with Gasteiger partial charge < -0.3 is 9.88 Å². The van der Waals surface area contributed by atoms with E-state index in [9.17, 15) is 0 Å². The van der Waals surface area contributed by atoms with E-state index in [0.29, 0.717) is 0 Å². The smallest absolute Gasteiger partial charge is 0.0951 e. The summed E-state index contributed by atoms with van der Waals surface area (Å²) in [7, 11) is 0. The molecule has 1 N–H and O–H groups in total. The van der Waals surface area contributed by atoms with Gasteiger partial charge in [-0.1, -0.05) is 13.8 Å². The van der Waals surface area contributed by atoms with E-state index in [4.69, 9.17) is 0 Å². The van der Waals surface area contributed by atoms with Crippen molar-refractivity contribution in [1.29, 1.82) is 0 Å². The molecule has 1 heterocycles. The molecule has 1 aromatic heterocycles. The van der Waals surface area contributed by atoms with Crippen LogP contribution in [0, 0.1) is 19.3 Å². The zero-order valence-electron chi connectivity index (χ0n) is 12.4. The molecule has 3 nitrogen and oxygen atoms in total. The Kier molecular flexibility index (Phi) is 4.03. The third-order valence-electron chi connectivity index (χ3n) is 3.04. The molecule has 1 aromatic rings. The molecule has 0 amide bonds. The van der Waals surface area contributed by atoms with Gasteiger partial charge in [-0.2, -0.15) is 0 Å². The second-order valence-electron chi connectivity index (χ2n) is 6.81. The lowest BCUT2D eigenvalue weighted by Gasteiger charge is -2.31. The summed E-state index contributed by atoms with van der Waals surface area (Å²) in [6.45, 7) is 17.4. The van der Waals surface area contributed by atoms with Gasteiger partial charge >= 0.3 is 0 Å². The quantitative estimate of drug-likeness (QED) is 0.872. The van der Waals surface area contributed by atoms with Gasteiger partial charge in [-0.3, -0.25) is 0 Å². The molecule has 0 radical (unpaired) electrons. The first-order valence-electron chi connectivity index (χ1n) is 6.34. The Morgan fingerprint density at radius 2 is 1.76 bits per heavy atom. The Morgan fingerprint density at radius 1 is 1.18 bits per heavy atom. The maximum atomic E-state index is 4.35. The molecule has 0 bridgehead atoms. The molecular formula is C14H27N3. The van der Waals surface area contributed by atoms with Crippen molar-refractivity contribution < 1.29 is 0 Å². The number of hydrogen-bond acceptors (Lipinski definition) is 2. The third kappa shape index (κ3) is 4.50. The fourth-order valence-electron chi connectivity index (χ4n) is 1.73. The monoisotopic (exact) mass is 237 g/mol. The lowest BCUT2D eigenvalue weighted by atomic mass is 9.92. The molecule has 0 aliphatic rings. The predicted octanol–water partition coefficient (Wildman–Crippen LogP) is 2.91. The zero-order chi connectivity index (χ0) is 13.3. The van der Waals surface area contributed by atoms with Gasteiger partial charge in [0.2, 0.25) is 0 Å². The average Bonchev–Trinajstić information content (AvgIpc) is 2.46. The van der Waals surface area contributed by atoms with E-state index in [2.05, 4.69) is 63.3 Å². The third-order valence-corrected chi connectivity index (χ3v) is 3.04. The number of nitrogens with zero attached hydrogens (tertiary/aromatic N) is 2. The molecule has 17 heavy (non-hydrogen) atoms. The topological polar surface area (TPSA) is 29.9 Å². The van der Waals surface area contributed by atoms with Crippen molar-refractivity contribution in [1.82, 2.24) is 14.9 Å². The van der Waals surface area contributed by atoms with Gasteiger partial charge in [0.25, 0.3) is 0 Å². The van der Waals surface area contributed by atoms with Crippen LogP contribution in [0.5, 0.6) is 0 Å². The molecule has 0 saturated carbocycles. The molecule has 1 rings (SSSR count). The summed E-state index contributed by atoms with van der Waals surface area (Å²) in [5, 5.41) is 3.57. The highest BCUT2D eigenvalue weighted by Crippen LogP contribution is 2.20. The van der Waals surface area contributed by atoms with Crippen molar-refractivity contribution in [3.63, 3.8) is 0 Å². The summed E-state index contributed by atoms with van der Waals surface area (Å²) >= 11 is 0. The largest absolute Gasteiger partial charge is 0.334 e. The van der Waals surface area contributed by atoms with Crippen LogP contribution in [-0.2, 0) is 6.54 Å². The van der Waals surface area contributed by atoms with Crippen LogP contribution in [0.4, 0.5) is 0 Å². The number of aryl methyl sites for hydroxylation is 1. The first kappa shape index (κ1) is 14.2. The van der Waals surface area contributed by atoms with Crippen LogP contribution in [0.2, 0.25) is 0 Å². The molecule has 0 aliphatic heterocycles. The van der Waals surface area contributed by atoms with E-state index in [1.165, 1.54) is 5.69 Å². The van der Waals surface area contributed by atoms with E-state index >= 15 is 0 Å². The van der Waals surface area contributed by atoms with E-state index < -0.39 is 0 Å². The van der Waals surface area contributed by atoms with Crippen molar-refractivity contribution in [2.24, 2.45) is 5.41 Å². The SMILES string of the molecule is Cc1ncn(CC(C)(C)CNC(C)(C)C)c1C. The minimum absolute atomic E-state index is 0.178. The molecule has 3 heteroatoms. The number of hydrogen-bond donors (Lipinski definition) is 1. The molecule has 0 aromatic carbocycles. The maximum Gasteiger partial charge on any atom is 0.0951 e. The van der Waals surface area contributed by atoms with Gasteiger partial charge in [0, 0.05) is 24.3 Å². The highest BCUT2D eigenvalue weighted by Gasteiger charge is 2.22. The van der Waals surface area contributed by atoms with E-state index in [-0.39, 0.29) is 11.0 Å². The van der Waals surface area contributed by atoms with Crippen LogP contribution in [-0.4, -0.2) is 21.6 Å². The summed E-state index contributed by atoms with van der Waals surface area (Å²) < 4.78 is 2.25. The van der Waals surface area contributed by atoms with Gasteiger partial charge in [-0.05, 0) is 40.0 Å². The lowest BCUT2D eigenvalue weighted by Crippen LogP contribution is -2.43. The van der Waals surface area contributed by atoms with Crippen molar-refractivity contribution in [3.05, 3.63) is 17.7 Å². The van der Waals surface area contributed by atoms with Gasteiger partial charge in [-0.15, -0.1) is 0 Å². The molecule has 0 saturated heterocycles. The fraction of sp³-hybridized carbons (Fsp3) is 0.786. The Labute approximate surface area is 106 Å². The molecule has 0 spiro atoms. The van der Waals surface area contributed by atoms with Crippen LogP contribution >= 0.6 is 0 Å². The number of aromatic nitrogens is 2. The molecule has 0 aliphatic carbocycles. The maximum absolute atomic E-state index is 4.35. The van der Waals surface area contributed by atoms with E-state index in [0.717, 1.165) is 18.8 Å². The van der Waals surface area contributed by atoms with Crippen molar-refractivity contribution >= 4 is 0 Å². The van der Waals surface area contributed by atoms with Gasteiger partial charge in [-0.25, -0.2) is 4.98 Å². The number of nitrogens with one attached hydrogen (secondary N) is 1. The van der Waals surface area contributed by atoms with Crippen molar-refractivity contribution in [2.75, 3.05) is 6.54 Å². The van der Waals surface area contributed by atoms with Gasteiger partial charge in [0.05, 0.1) is 12.0 Å². The average molecular weight is 237 g/mol. The summed E-state index contributed by atoms with van der Waals surface area (Å²) in [5.74, 6) is 0. The molecular weight excluding hydrogens is 210 g/mol. The van der Waals surface area contributed by atoms with Gasteiger partial charge in [0.15, 0.2) is 0 Å². The van der Waals surface area contributed by atoms with Crippen LogP contribution in [0.3, 0.4) is 0 Å². The highest BCUT2D eigenvalue weighted by molar-refractivity contribution is 5.08. The second kappa shape index (κ2) is 4.81. The predicted molar refractivity (Wildman–Crippen MR) is 73.2 cm³/mol. The van der Waals surface area contributed by atoms with Crippen LogP contribution in [0.25, 0.3) is 0 Å². The minimum Gasteiger partial charge on any atom is -0.334 e. The zero-order valence-corrected chi connectivity index (χ0v) is 12.4.